The summed E-state index contributed by atoms with van der Waals surface area (Å²) < 4.78 is 1.31. The number of aromatic nitrogens is 1. The number of nitrogens with zero attached hydrogens (tertiary/aromatic N) is 1. The highest BCUT2D eigenvalue weighted by molar-refractivity contribution is 7.18. The van der Waals surface area contributed by atoms with Crippen molar-refractivity contribution in [2.24, 2.45) is 5.92 Å². The Morgan fingerprint density at radius 2 is 1.65 bits per heavy atom. The predicted octanol–water partition coefficient (Wildman–Crippen LogP) is 5.39. The van der Waals surface area contributed by atoms with Crippen LogP contribution in [0.25, 0.3) is 10.2 Å². The van der Waals surface area contributed by atoms with E-state index in [4.69, 9.17) is 0 Å². The van der Waals surface area contributed by atoms with Crippen molar-refractivity contribution in [3.63, 3.8) is 0 Å². The third-order valence-electron chi connectivity index (χ3n) is 2.19. The van der Waals surface area contributed by atoms with Crippen LogP contribution in [0.5, 0.6) is 0 Å². The van der Waals surface area contributed by atoms with Crippen LogP contribution in [0.15, 0.2) is 18.2 Å². The Bertz CT molecular complexity index is 466. The van der Waals surface area contributed by atoms with Crippen molar-refractivity contribution in [1.82, 2.24) is 4.98 Å². The van der Waals surface area contributed by atoms with Crippen LogP contribution in [0.2, 0.25) is 0 Å². The van der Waals surface area contributed by atoms with Gasteiger partial charge < -0.3 is 0 Å². The van der Waals surface area contributed by atoms with Crippen molar-refractivity contribution >= 4 is 21.6 Å². The number of rotatable bonds is 1. The van der Waals surface area contributed by atoms with Crippen molar-refractivity contribution in [1.29, 1.82) is 0 Å². The van der Waals surface area contributed by atoms with Crippen molar-refractivity contribution < 1.29 is 0 Å². The van der Waals surface area contributed by atoms with Crippen LogP contribution in [-0.4, -0.2) is 4.98 Å². The number of aryl methyl sites for hydroxylation is 1. The highest BCUT2D eigenvalue weighted by Crippen LogP contribution is 2.25. The van der Waals surface area contributed by atoms with Gasteiger partial charge in [0.25, 0.3) is 0 Å². The van der Waals surface area contributed by atoms with Crippen LogP contribution >= 0.6 is 11.3 Å². The van der Waals surface area contributed by atoms with Crippen LogP contribution in [-0.2, 0) is 0 Å². The Labute approximate surface area is 109 Å². The first-order valence-corrected chi connectivity index (χ1v) is 7.09. The summed E-state index contributed by atoms with van der Waals surface area (Å²) in [6.45, 7) is 13.0. The maximum Gasteiger partial charge on any atom is 0.0907 e. The third kappa shape index (κ3) is 4.47. The lowest BCUT2D eigenvalue weighted by atomic mass is 10.0. The molecule has 0 saturated carbocycles. The summed E-state index contributed by atoms with van der Waals surface area (Å²) in [5.41, 5.74) is 2.53. The molecule has 2 rings (SSSR count). The first-order chi connectivity index (χ1) is 7.90. The molecule has 0 N–H and O–H groups in total. The van der Waals surface area contributed by atoms with Gasteiger partial charge in [-0.15, -0.1) is 11.3 Å². The minimum absolute atomic E-state index is 0.604. The number of hydrogen-bond donors (Lipinski definition) is 0. The van der Waals surface area contributed by atoms with Crippen LogP contribution in [0.1, 0.15) is 51.1 Å². The van der Waals surface area contributed by atoms with Gasteiger partial charge in [-0.2, -0.15) is 0 Å². The van der Waals surface area contributed by atoms with Crippen LogP contribution in [0.4, 0.5) is 0 Å². The molecular formula is C15H23NS. The van der Waals surface area contributed by atoms with Crippen molar-refractivity contribution in [2.45, 2.75) is 47.5 Å². The fourth-order valence-electron chi connectivity index (χ4n) is 1.42. The summed E-state index contributed by atoms with van der Waals surface area (Å²) in [4.78, 5) is 4.43. The Morgan fingerprint density at radius 3 is 2.18 bits per heavy atom. The summed E-state index contributed by atoms with van der Waals surface area (Å²) in [6, 6.07) is 6.55. The van der Waals surface area contributed by atoms with Gasteiger partial charge in [0.1, 0.15) is 0 Å². The summed E-state index contributed by atoms with van der Waals surface area (Å²) >= 11 is 1.77. The average molecular weight is 249 g/mol. The average Bonchev–Trinajstić information content (AvgIpc) is 2.55. The fourth-order valence-corrected chi connectivity index (χ4v) is 2.29. The molecule has 2 heteroatoms. The van der Waals surface area contributed by atoms with E-state index in [9.17, 15) is 0 Å². The van der Waals surface area contributed by atoms with Gasteiger partial charge in [0.2, 0.25) is 0 Å². The fraction of sp³-hybridized carbons (Fsp3) is 0.533. The van der Waals surface area contributed by atoms with Crippen LogP contribution in [0.3, 0.4) is 0 Å². The Hall–Kier alpha value is -0.890. The van der Waals surface area contributed by atoms with Gasteiger partial charge in [0, 0.05) is 0 Å². The summed E-state index contributed by atoms with van der Waals surface area (Å²) in [5.74, 6) is 1.44. The Balaban J connectivity index is 0.000000317. The second kappa shape index (κ2) is 6.15. The molecule has 0 amide bonds. The molecule has 0 radical (unpaired) electrons. The molecule has 0 unspecified atom stereocenters. The molecule has 2 aromatic rings. The minimum atomic E-state index is 0.604. The van der Waals surface area contributed by atoms with E-state index in [0.717, 1.165) is 16.4 Å². The molecule has 1 heterocycles. The molecule has 1 aromatic carbocycles. The van der Waals surface area contributed by atoms with Gasteiger partial charge in [0.15, 0.2) is 0 Å². The van der Waals surface area contributed by atoms with E-state index in [1.807, 2.05) is 0 Å². The van der Waals surface area contributed by atoms with E-state index in [1.165, 1.54) is 10.3 Å². The standard InChI is InChI=1S/C11H13NS.C4H10/c1-7(2)9-4-5-10-11(6-9)13-8(3)12-10;1-4(2)3/h4-7H,1-3H3;4H,1-3H3. The molecule has 0 spiro atoms. The lowest BCUT2D eigenvalue weighted by Gasteiger charge is -2.03. The van der Waals surface area contributed by atoms with Crippen molar-refractivity contribution in [3.8, 4) is 0 Å². The number of hydrogen-bond acceptors (Lipinski definition) is 2. The molecule has 0 atom stereocenters. The monoisotopic (exact) mass is 249 g/mol. The second-order valence-electron chi connectivity index (χ2n) is 5.35. The molecular weight excluding hydrogens is 226 g/mol. The molecule has 1 nitrogen and oxygen atoms in total. The van der Waals surface area contributed by atoms with Gasteiger partial charge in [-0.25, -0.2) is 4.98 Å². The van der Waals surface area contributed by atoms with E-state index in [2.05, 4.69) is 64.7 Å². The number of fused-ring (bicyclic) bond motifs is 1. The molecule has 0 bridgehead atoms. The zero-order valence-corrected chi connectivity index (χ0v) is 12.6. The molecule has 0 fully saturated rings. The first-order valence-electron chi connectivity index (χ1n) is 6.27. The minimum Gasteiger partial charge on any atom is -0.242 e. The lowest BCUT2D eigenvalue weighted by Crippen LogP contribution is -1.84. The van der Waals surface area contributed by atoms with E-state index in [0.29, 0.717) is 5.92 Å². The van der Waals surface area contributed by atoms with E-state index in [-0.39, 0.29) is 0 Å². The number of thiazole rings is 1. The topological polar surface area (TPSA) is 12.9 Å². The highest BCUT2D eigenvalue weighted by Gasteiger charge is 2.03. The predicted molar refractivity (Wildman–Crippen MR) is 79.0 cm³/mol. The largest absolute Gasteiger partial charge is 0.242 e. The second-order valence-corrected chi connectivity index (χ2v) is 6.58. The summed E-state index contributed by atoms with van der Waals surface area (Å²) in [5, 5.41) is 1.15. The zero-order chi connectivity index (χ0) is 13.0. The van der Waals surface area contributed by atoms with Crippen LogP contribution in [0, 0.1) is 12.8 Å². The molecule has 94 valence electrons. The maximum absolute atomic E-state index is 4.43. The van der Waals surface area contributed by atoms with Gasteiger partial charge in [0.05, 0.1) is 15.2 Å². The molecule has 0 aliphatic rings. The molecule has 0 saturated heterocycles. The maximum atomic E-state index is 4.43. The Morgan fingerprint density at radius 1 is 1.06 bits per heavy atom. The molecule has 0 aliphatic carbocycles. The van der Waals surface area contributed by atoms with Gasteiger partial charge in [-0.1, -0.05) is 40.7 Å². The third-order valence-corrected chi connectivity index (χ3v) is 3.12. The van der Waals surface area contributed by atoms with E-state index < -0.39 is 0 Å². The SMILES string of the molecule is CC(C)C.Cc1nc2ccc(C(C)C)cc2s1. The summed E-state index contributed by atoms with van der Waals surface area (Å²) in [6.07, 6.45) is 0. The highest BCUT2D eigenvalue weighted by atomic mass is 32.1. The van der Waals surface area contributed by atoms with E-state index in [1.54, 1.807) is 11.3 Å². The Kier molecular flexibility index (Phi) is 5.13. The number of benzene rings is 1. The van der Waals surface area contributed by atoms with Gasteiger partial charge in [-0.05, 0) is 36.5 Å². The van der Waals surface area contributed by atoms with E-state index >= 15 is 0 Å². The quantitative estimate of drug-likeness (QED) is 0.660. The molecule has 0 aliphatic heterocycles. The normalized spacial score (nSPS) is 10.8. The van der Waals surface area contributed by atoms with Gasteiger partial charge in [-0.3, -0.25) is 0 Å². The molecule has 17 heavy (non-hydrogen) atoms. The molecule has 1 aromatic heterocycles. The smallest absolute Gasteiger partial charge is 0.0907 e. The van der Waals surface area contributed by atoms with Gasteiger partial charge >= 0.3 is 0 Å². The zero-order valence-electron chi connectivity index (χ0n) is 11.7. The van der Waals surface area contributed by atoms with Crippen molar-refractivity contribution in [3.05, 3.63) is 28.8 Å². The summed E-state index contributed by atoms with van der Waals surface area (Å²) in [7, 11) is 0. The lowest BCUT2D eigenvalue weighted by molar-refractivity contribution is 0.737. The van der Waals surface area contributed by atoms with Crippen molar-refractivity contribution in [2.75, 3.05) is 0 Å². The first kappa shape index (κ1) is 14.2. The van der Waals surface area contributed by atoms with Crippen LogP contribution < -0.4 is 0 Å².